The fourth-order valence-corrected chi connectivity index (χ4v) is 9.30. The Hall–Kier alpha value is -6.70. The summed E-state index contributed by atoms with van der Waals surface area (Å²) in [5, 5.41) is 5.01. The predicted molar refractivity (Wildman–Crippen MR) is 218 cm³/mol. The van der Waals surface area contributed by atoms with Crippen LogP contribution in [-0.2, 0) is 5.41 Å². The van der Waals surface area contributed by atoms with Gasteiger partial charge < -0.3 is 4.90 Å². The zero-order valence-electron chi connectivity index (χ0n) is 28.5. The quantitative estimate of drug-likeness (QED) is 0.170. The highest BCUT2D eigenvalue weighted by Crippen LogP contribution is 2.64. The van der Waals surface area contributed by atoms with Gasteiger partial charge in [0.25, 0.3) is 0 Å². The molecule has 1 heteroatoms. The summed E-state index contributed by atoms with van der Waals surface area (Å²) >= 11 is 0. The van der Waals surface area contributed by atoms with Crippen molar-refractivity contribution in [1.29, 1.82) is 0 Å². The molecule has 0 saturated heterocycles. The summed E-state index contributed by atoms with van der Waals surface area (Å²) < 4.78 is 0. The van der Waals surface area contributed by atoms with Crippen LogP contribution in [0.3, 0.4) is 0 Å². The predicted octanol–water partition coefficient (Wildman–Crippen LogP) is 13.5. The zero-order valence-corrected chi connectivity index (χ0v) is 28.5. The maximum Gasteiger partial charge on any atom is 0.0726 e. The Labute approximate surface area is 303 Å². The van der Waals surface area contributed by atoms with Crippen LogP contribution in [0.5, 0.6) is 0 Å². The van der Waals surface area contributed by atoms with Crippen LogP contribution in [-0.4, -0.2) is 0 Å². The molecule has 9 aromatic carbocycles. The lowest BCUT2D eigenvalue weighted by atomic mass is 9.70. The fraction of sp³-hybridized carbons (Fsp3) is 0.0196. The van der Waals surface area contributed by atoms with Gasteiger partial charge in [-0.05, 0) is 102 Å². The highest BCUT2D eigenvalue weighted by molar-refractivity contribution is 6.09. The lowest BCUT2D eigenvalue weighted by Crippen LogP contribution is -2.26. The van der Waals surface area contributed by atoms with E-state index < -0.39 is 5.41 Å². The molecule has 0 atom stereocenters. The molecule has 242 valence electrons. The van der Waals surface area contributed by atoms with Crippen LogP contribution >= 0.6 is 0 Å². The van der Waals surface area contributed by atoms with E-state index in [1.54, 1.807) is 0 Å². The Morgan fingerprint density at radius 3 is 1.58 bits per heavy atom. The SMILES string of the molecule is c1ccc(-c2ccc(N(c3ccc4ccc5ccccc5c4c3)c3cccc4c3-c3ccccc3C43c4ccccc4-c4ccccc43)cc2)cc1. The van der Waals surface area contributed by atoms with Gasteiger partial charge in [-0.3, -0.25) is 0 Å². The van der Waals surface area contributed by atoms with Crippen molar-refractivity contribution in [1.82, 2.24) is 0 Å². The van der Waals surface area contributed by atoms with Crippen LogP contribution in [0.4, 0.5) is 17.1 Å². The Bertz CT molecular complexity index is 2800. The van der Waals surface area contributed by atoms with Crippen molar-refractivity contribution in [3.63, 3.8) is 0 Å². The lowest BCUT2D eigenvalue weighted by Gasteiger charge is -2.32. The molecule has 0 saturated carbocycles. The molecular formula is C51H33N. The number of hydrogen-bond donors (Lipinski definition) is 0. The van der Waals surface area contributed by atoms with Crippen molar-refractivity contribution in [2.75, 3.05) is 4.90 Å². The molecule has 1 spiro atoms. The molecule has 0 radical (unpaired) electrons. The Morgan fingerprint density at radius 2 is 0.846 bits per heavy atom. The normalized spacial score (nSPS) is 13.2. The van der Waals surface area contributed by atoms with Crippen LogP contribution < -0.4 is 4.90 Å². The first kappa shape index (κ1) is 29.1. The average molecular weight is 660 g/mol. The number of anilines is 3. The molecule has 0 aliphatic heterocycles. The summed E-state index contributed by atoms with van der Waals surface area (Å²) in [7, 11) is 0. The summed E-state index contributed by atoms with van der Waals surface area (Å²) in [5.74, 6) is 0. The van der Waals surface area contributed by atoms with Crippen molar-refractivity contribution < 1.29 is 0 Å². The summed E-state index contributed by atoms with van der Waals surface area (Å²) in [6, 6.07) is 74.0. The number of benzene rings is 9. The van der Waals surface area contributed by atoms with Crippen LogP contribution in [0.1, 0.15) is 22.3 Å². The minimum absolute atomic E-state index is 0.405. The molecule has 0 aromatic heterocycles. The molecule has 9 aromatic rings. The minimum Gasteiger partial charge on any atom is -0.310 e. The highest BCUT2D eigenvalue weighted by Gasteiger charge is 2.52. The molecule has 0 bridgehead atoms. The molecule has 2 aliphatic rings. The first-order valence-electron chi connectivity index (χ1n) is 18.1. The second-order valence-corrected chi connectivity index (χ2v) is 14.0. The molecule has 11 rings (SSSR count). The van der Waals surface area contributed by atoms with E-state index in [4.69, 9.17) is 0 Å². The van der Waals surface area contributed by atoms with Gasteiger partial charge >= 0.3 is 0 Å². The second kappa shape index (κ2) is 11.2. The summed E-state index contributed by atoms with van der Waals surface area (Å²) in [6.45, 7) is 0. The first-order valence-corrected chi connectivity index (χ1v) is 18.1. The summed E-state index contributed by atoms with van der Waals surface area (Å²) in [4.78, 5) is 2.48. The highest BCUT2D eigenvalue weighted by atomic mass is 15.1. The standard InChI is InChI=1S/C51H33N/c1-2-13-34(14-3-1)35-27-30-38(31-28-35)52(39-32-29-37-26-25-36-15-4-5-16-40(36)44(37)33-39)49-24-12-23-48-50(49)43-19-8-11-22-47(43)51(48)45-20-9-6-17-41(45)42-18-7-10-21-46(42)51/h1-33H. The van der Waals surface area contributed by atoms with Gasteiger partial charge in [0.05, 0.1) is 11.1 Å². The van der Waals surface area contributed by atoms with Crippen molar-refractivity contribution >= 4 is 38.6 Å². The van der Waals surface area contributed by atoms with Gasteiger partial charge in [-0.25, -0.2) is 0 Å². The van der Waals surface area contributed by atoms with Gasteiger partial charge in [0.2, 0.25) is 0 Å². The van der Waals surface area contributed by atoms with Gasteiger partial charge in [0.1, 0.15) is 0 Å². The third-order valence-electron chi connectivity index (χ3n) is 11.5. The van der Waals surface area contributed by atoms with E-state index in [1.165, 1.54) is 82.9 Å². The van der Waals surface area contributed by atoms with Crippen LogP contribution in [0, 0.1) is 0 Å². The van der Waals surface area contributed by atoms with Gasteiger partial charge in [0.15, 0.2) is 0 Å². The van der Waals surface area contributed by atoms with E-state index in [9.17, 15) is 0 Å². The van der Waals surface area contributed by atoms with Crippen LogP contribution in [0.25, 0.3) is 54.9 Å². The van der Waals surface area contributed by atoms with E-state index in [0.717, 1.165) is 11.4 Å². The van der Waals surface area contributed by atoms with Crippen molar-refractivity contribution in [2.45, 2.75) is 5.41 Å². The van der Waals surface area contributed by atoms with Gasteiger partial charge in [-0.1, -0.05) is 170 Å². The maximum atomic E-state index is 2.48. The monoisotopic (exact) mass is 659 g/mol. The molecule has 0 heterocycles. The smallest absolute Gasteiger partial charge is 0.0726 e. The second-order valence-electron chi connectivity index (χ2n) is 14.0. The molecule has 0 N–H and O–H groups in total. The molecule has 2 aliphatic carbocycles. The van der Waals surface area contributed by atoms with Crippen molar-refractivity contribution in [3.8, 4) is 33.4 Å². The zero-order chi connectivity index (χ0) is 34.2. The average Bonchev–Trinajstić information content (AvgIpc) is 3.69. The van der Waals surface area contributed by atoms with E-state index >= 15 is 0 Å². The van der Waals surface area contributed by atoms with Crippen molar-refractivity contribution in [3.05, 3.63) is 222 Å². The molecule has 1 nitrogen and oxygen atoms in total. The summed E-state index contributed by atoms with van der Waals surface area (Å²) in [6.07, 6.45) is 0. The van der Waals surface area contributed by atoms with Gasteiger partial charge in [-0.15, -0.1) is 0 Å². The molecular weight excluding hydrogens is 627 g/mol. The number of nitrogens with zero attached hydrogens (tertiary/aromatic N) is 1. The number of hydrogen-bond acceptors (Lipinski definition) is 1. The third-order valence-corrected chi connectivity index (χ3v) is 11.5. The molecule has 52 heavy (non-hydrogen) atoms. The van der Waals surface area contributed by atoms with Gasteiger partial charge in [0, 0.05) is 16.9 Å². The molecule has 0 fully saturated rings. The van der Waals surface area contributed by atoms with Crippen LogP contribution in [0.15, 0.2) is 200 Å². The number of fused-ring (bicyclic) bond motifs is 13. The van der Waals surface area contributed by atoms with E-state index in [0.29, 0.717) is 0 Å². The van der Waals surface area contributed by atoms with Crippen molar-refractivity contribution in [2.24, 2.45) is 0 Å². The Balaban J connectivity index is 1.20. The molecule has 0 amide bonds. The minimum atomic E-state index is -0.405. The maximum absolute atomic E-state index is 2.48. The van der Waals surface area contributed by atoms with Gasteiger partial charge in [-0.2, -0.15) is 0 Å². The first-order chi connectivity index (χ1) is 25.8. The fourth-order valence-electron chi connectivity index (χ4n) is 9.30. The molecule has 0 unspecified atom stereocenters. The third kappa shape index (κ3) is 3.99. The van der Waals surface area contributed by atoms with E-state index in [-0.39, 0.29) is 0 Å². The summed E-state index contributed by atoms with van der Waals surface area (Å²) in [5.41, 5.74) is 16.1. The van der Waals surface area contributed by atoms with E-state index in [2.05, 4.69) is 205 Å². The number of rotatable bonds is 4. The Kier molecular flexibility index (Phi) is 6.23. The largest absolute Gasteiger partial charge is 0.310 e. The topological polar surface area (TPSA) is 3.24 Å². The van der Waals surface area contributed by atoms with E-state index in [1.807, 2.05) is 0 Å². The lowest BCUT2D eigenvalue weighted by molar-refractivity contribution is 0.794. The van der Waals surface area contributed by atoms with Crippen LogP contribution in [0.2, 0.25) is 0 Å². The Morgan fingerprint density at radius 1 is 0.327 bits per heavy atom.